The fraction of sp³-hybridized carbons (Fsp3) is 0.605. The van der Waals surface area contributed by atoms with Crippen molar-refractivity contribution in [2.45, 2.75) is 133 Å². The van der Waals surface area contributed by atoms with Gasteiger partial charge in [0.25, 0.3) is 0 Å². The molecule has 0 aliphatic carbocycles. The van der Waals surface area contributed by atoms with Crippen LogP contribution < -0.4 is 49.1 Å². The number of aliphatic carboxylic acids is 1. The summed E-state index contributed by atoms with van der Waals surface area (Å²) in [6, 6.07) is -2.78. The van der Waals surface area contributed by atoms with E-state index in [2.05, 4.69) is 36.6 Å². The number of aliphatic hydroxyl groups excluding tert-OH is 2. The van der Waals surface area contributed by atoms with Gasteiger partial charge < -0.3 is 74.3 Å². The van der Waals surface area contributed by atoms with E-state index in [1.165, 1.54) is 4.90 Å². The summed E-state index contributed by atoms with van der Waals surface area (Å²) in [7, 11) is 0. The Morgan fingerprint density at radius 2 is 1.52 bits per heavy atom. The van der Waals surface area contributed by atoms with Crippen LogP contribution in [0.15, 0.2) is 35.5 Å². The van der Waals surface area contributed by atoms with Crippen LogP contribution >= 0.6 is 0 Å². The molecule has 384 valence electrons. The Kier molecular flexibility index (Phi) is 22.1. The molecule has 23 nitrogen and oxygen atoms in total. The summed E-state index contributed by atoms with van der Waals surface area (Å²) >= 11 is 0. The molecule has 26 heteroatoms. The molecule has 1 saturated heterocycles. The molecule has 16 N–H and O–H groups in total. The third-order valence-electron chi connectivity index (χ3n) is 11.6. The molecule has 69 heavy (non-hydrogen) atoms. The highest BCUT2D eigenvalue weighted by atomic mass is 19.4. The van der Waals surface area contributed by atoms with Crippen LogP contribution in [0.25, 0.3) is 10.9 Å². The number of carboxylic acids is 1. The van der Waals surface area contributed by atoms with Gasteiger partial charge in [-0.1, -0.05) is 38.5 Å². The lowest BCUT2D eigenvalue weighted by Gasteiger charge is -2.31. The maximum Gasteiger partial charge on any atom is 0.471 e. The first-order valence-corrected chi connectivity index (χ1v) is 22.6. The molecule has 0 radical (unpaired) electrons. The number of unbranched alkanes of at least 4 members (excludes halogenated alkanes) is 1. The van der Waals surface area contributed by atoms with E-state index in [0.29, 0.717) is 24.8 Å². The largest absolute Gasteiger partial charge is 0.480 e. The summed E-state index contributed by atoms with van der Waals surface area (Å²) in [5.41, 5.74) is 18.4. The van der Waals surface area contributed by atoms with Gasteiger partial charge in [-0.05, 0) is 69.4 Å². The van der Waals surface area contributed by atoms with Crippen molar-refractivity contribution in [3.05, 3.63) is 36.0 Å². The van der Waals surface area contributed by atoms with E-state index in [1.54, 1.807) is 31.4 Å². The Morgan fingerprint density at radius 1 is 0.870 bits per heavy atom. The average molecular weight is 983 g/mol. The number of carbonyl (C=O) groups excluding carboxylic acids is 7. The standard InChI is InChI=1S/C43H65F3N12O11/c1-4-22(2)32(40(67)68)56-35(62)28(14-7-8-16-50-41(69)43(44,45)46)53-36(63)30(21-59)55-38(65)33(23(3)60)57-37(64)31-15-10-18-58(31)39(66)29(19-24-20-52-27-13-6-5-11-25(24)27)54-34(61)26(47)12-9-17-51-42(48)49/h5-6,11,13,20,22-23,26,28-33,52,59-60H,4,7-10,12,14-19,21,47H2,1-3H3,(H,50,69)(H,53,63)(H,54,61)(H,55,65)(H,56,62)(H,57,64)(H,67,68)(H4,48,49,51)/t22-,23+,26-,28-,29-,30-,31-,32-,33-/m0/s1. The number of nitrogens with zero attached hydrogens (tertiary/aromatic N) is 2. The number of fused-ring (bicyclic) bond motifs is 1. The van der Waals surface area contributed by atoms with Gasteiger partial charge in [-0.25, -0.2) is 4.79 Å². The van der Waals surface area contributed by atoms with Crippen LogP contribution in [0, 0.1) is 5.92 Å². The lowest BCUT2D eigenvalue weighted by molar-refractivity contribution is -0.173. The topological polar surface area (TPSA) is 379 Å². The fourth-order valence-electron chi connectivity index (χ4n) is 7.52. The maximum absolute atomic E-state index is 14.4. The van der Waals surface area contributed by atoms with Gasteiger partial charge in [-0.3, -0.25) is 38.6 Å². The molecule has 1 aliphatic heterocycles. The minimum absolute atomic E-state index is 0.00976. The third-order valence-corrected chi connectivity index (χ3v) is 11.6. The fourth-order valence-corrected chi connectivity index (χ4v) is 7.52. The number of nitrogens with one attached hydrogen (secondary N) is 7. The van der Waals surface area contributed by atoms with Gasteiger partial charge in [0.1, 0.15) is 36.3 Å². The Labute approximate surface area is 395 Å². The molecular formula is C43H65F3N12O11. The second-order valence-corrected chi connectivity index (χ2v) is 16.9. The van der Waals surface area contributed by atoms with Gasteiger partial charge in [0.2, 0.25) is 35.4 Å². The number of H-pyrrole nitrogens is 1. The molecule has 7 amide bonds. The summed E-state index contributed by atoms with van der Waals surface area (Å²) in [5.74, 6) is -9.81. The smallest absolute Gasteiger partial charge is 0.471 e. The van der Waals surface area contributed by atoms with Gasteiger partial charge in [0.15, 0.2) is 5.96 Å². The summed E-state index contributed by atoms with van der Waals surface area (Å²) in [6.45, 7) is 3.11. The Bertz CT molecular complexity index is 2130. The number of guanidine groups is 1. The van der Waals surface area contributed by atoms with Gasteiger partial charge in [-0.15, -0.1) is 0 Å². The zero-order chi connectivity index (χ0) is 51.6. The van der Waals surface area contributed by atoms with Gasteiger partial charge >= 0.3 is 18.1 Å². The van der Waals surface area contributed by atoms with E-state index in [9.17, 15) is 66.8 Å². The molecule has 1 aromatic carbocycles. The number of nitrogens with two attached hydrogens (primary N) is 3. The van der Waals surface area contributed by atoms with Crippen molar-refractivity contribution < 1.29 is 66.8 Å². The maximum atomic E-state index is 14.4. The van der Waals surface area contributed by atoms with Crippen LogP contribution in [-0.2, 0) is 44.8 Å². The van der Waals surface area contributed by atoms with Crippen LogP contribution in [0.1, 0.15) is 77.7 Å². The number of aliphatic hydroxyl groups is 2. The summed E-state index contributed by atoms with van der Waals surface area (Å²) in [5, 5.41) is 45.1. The van der Waals surface area contributed by atoms with Crippen molar-refractivity contribution in [3.63, 3.8) is 0 Å². The highest BCUT2D eigenvalue weighted by molar-refractivity contribution is 5.98. The zero-order valence-electron chi connectivity index (χ0n) is 38.6. The van der Waals surface area contributed by atoms with Crippen molar-refractivity contribution >= 4 is 64.2 Å². The predicted molar refractivity (Wildman–Crippen MR) is 243 cm³/mol. The zero-order valence-corrected chi connectivity index (χ0v) is 38.6. The van der Waals surface area contributed by atoms with Crippen LogP contribution in [-0.4, -0.2) is 159 Å². The minimum atomic E-state index is -5.13. The number of carbonyl (C=O) groups is 8. The second kappa shape index (κ2) is 26.9. The highest BCUT2D eigenvalue weighted by Gasteiger charge is 2.41. The molecule has 2 aromatic rings. The van der Waals surface area contributed by atoms with Crippen LogP contribution in [0.5, 0.6) is 0 Å². The molecule has 0 bridgehead atoms. The number of carboxylic acid groups (broad SMARTS) is 1. The second-order valence-electron chi connectivity index (χ2n) is 16.9. The van der Waals surface area contributed by atoms with Crippen molar-refractivity contribution in [2.75, 3.05) is 26.2 Å². The summed E-state index contributed by atoms with van der Waals surface area (Å²) in [4.78, 5) is 114. The van der Waals surface area contributed by atoms with Crippen molar-refractivity contribution in [2.24, 2.45) is 28.1 Å². The Hall–Kier alpha value is -6.54. The van der Waals surface area contributed by atoms with Crippen LogP contribution in [0.4, 0.5) is 13.2 Å². The average Bonchev–Trinajstić information content (AvgIpc) is 3.96. The van der Waals surface area contributed by atoms with E-state index in [-0.39, 0.29) is 57.6 Å². The molecule has 1 aliphatic rings. The normalized spacial score (nSPS) is 17.2. The number of likely N-dealkylation sites (tertiary alicyclic amines) is 1. The number of para-hydroxylation sites is 1. The molecular weight excluding hydrogens is 918 g/mol. The Morgan fingerprint density at radius 3 is 2.14 bits per heavy atom. The number of halogens is 3. The van der Waals surface area contributed by atoms with E-state index in [1.807, 2.05) is 18.2 Å². The number of alkyl halides is 3. The van der Waals surface area contributed by atoms with E-state index in [4.69, 9.17) is 17.2 Å². The number of hydrogen-bond acceptors (Lipinski definition) is 12. The number of hydrogen-bond donors (Lipinski definition) is 13. The highest BCUT2D eigenvalue weighted by Crippen LogP contribution is 2.24. The van der Waals surface area contributed by atoms with Crippen LogP contribution in [0.2, 0.25) is 0 Å². The number of aromatic amines is 1. The van der Waals surface area contributed by atoms with E-state index in [0.717, 1.165) is 17.8 Å². The quantitative estimate of drug-likeness (QED) is 0.0258. The molecule has 0 spiro atoms. The molecule has 2 heterocycles. The first-order chi connectivity index (χ1) is 32.5. The van der Waals surface area contributed by atoms with E-state index < -0.39 is 121 Å². The van der Waals surface area contributed by atoms with Gasteiger partial charge in [-0.2, -0.15) is 13.2 Å². The minimum Gasteiger partial charge on any atom is -0.480 e. The number of benzene rings is 1. The molecule has 3 rings (SSSR count). The van der Waals surface area contributed by atoms with Crippen molar-refractivity contribution in [3.8, 4) is 0 Å². The van der Waals surface area contributed by atoms with Gasteiger partial charge in [0, 0.05) is 43.2 Å². The lowest BCUT2D eigenvalue weighted by Crippen LogP contribution is -2.62. The number of rotatable bonds is 27. The lowest BCUT2D eigenvalue weighted by atomic mass is 9.98. The third kappa shape index (κ3) is 17.2. The van der Waals surface area contributed by atoms with Crippen molar-refractivity contribution in [1.82, 2.24) is 41.8 Å². The number of aliphatic imine (C=N–C) groups is 1. The molecule has 0 unspecified atom stereocenters. The molecule has 0 saturated carbocycles. The predicted octanol–water partition coefficient (Wildman–Crippen LogP) is -2.14. The van der Waals surface area contributed by atoms with Gasteiger partial charge in [0.05, 0.1) is 18.8 Å². The molecule has 1 aromatic heterocycles. The summed E-state index contributed by atoms with van der Waals surface area (Å²) < 4.78 is 37.9. The van der Waals surface area contributed by atoms with Crippen molar-refractivity contribution in [1.29, 1.82) is 0 Å². The molecule has 9 atom stereocenters. The Balaban J connectivity index is 1.77. The van der Waals surface area contributed by atoms with E-state index >= 15 is 0 Å². The SMILES string of the molecule is CC[C@H](C)[C@H](NC(=O)[C@H](CCCCNC(=O)C(F)(F)F)NC(=O)[C@H](CO)NC(=O)[C@@H](NC(=O)[C@@H]1CCCN1C(=O)[C@H](Cc1c[nH]c2ccccc12)NC(=O)[C@@H](N)CCCN=C(N)N)[C@@H](C)O)C(=O)O. The molecule has 1 fully saturated rings. The first-order valence-electron chi connectivity index (χ1n) is 22.6. The number of amides is 7. The van der Waals surface area contributed by atoms with Crippen LogP contribution in [0.3, 0.4) is 0 Å². The summed E-state index contributed by atoms with van der Waals surface area (Å²) in [6.07, 6.45) is -4.24. The number of aromatic nitrogens is 1. The first kappa shape index (κ1) is 56.8. The monoisotopic (exact) mass is 982 g/mol.